The summed E-state index contributed by atoms with van der Waals surface area (Å²) in [5.41, 5.74) is 7.71. The van der Waals surface area contributed by atoms with Gasteiger partial charge in [-0.1, -0.05) is 39.1 Å². The quantitative estimate of drug-likeness (QED) is 0.169. The van der Waals surface area contributed by atoms with E-state index in [1.54, 1.807) is 13.2 Å². The molecule has 4 aliphatic rings. The fraction of sp³-hybridized carbons (Fsp3) is 0.510. The summed E-state index contributed by atoms with van der Waals surface area (Å²) in [4.78, 5) is 42.9. The van der Waals surface area contributed by atoms with Gasteiger partial charge < -0.3 is 20.5 Å². The molecule has 4 amide bonds. The van der Waals surface area contributed by atoms with Gasteiger partial charge in [0, 0.05) is 22.5 Å². The maximum Gasteiger partial charge on any atom is 0.322 e. The van der Waals surface area contributed by atoms with Gasteiger partial charge in [-0.05, 0) is 166 Å². The van der Waals surface area contributed by atoms with Gasteiger partial charge in [0.1, 0.15) is 11.5 Å². The lowest BCUT2D eigenvalue weighted by Crippen LogP contribution is -2.54. The Hall–Kier alpha value is -5.20. The molecule has 3 N–H and O–H groups in total. The monoisotopic (exact) mass is 835 g/mol. The molecule has 12 heteroatoms. The van der Waals surface area contributed by atoms with Gasteiger partial charge in [-0.3, -0.25) is 29.6 Å². The molecule has 0 bridgehead atoms. The molecular weight excluding hydrogens is 765 g/mol. The lowest BCUT2D eigenvalue weighted by molar-refractivity contribution is 0.0655. The molecule has 0 atom stereocenters. The molecule has 61 heavy (non-hydrogen) atoms. The normalized spacial score (nSPS) is 25.8. The third kappa shape index (κ3) is 8.93. The van der Waals surface area contributed by atoms with Crippen molar-refractivity contribution in [3.63, 3.8) is 0 Å². The lowest BCUT2D eigenvalue weighted by atomic mass is 9.69. The fourth-order valence-corrected chi connectivity index (χ4v) is 10.3. The Balaban J connectivity index is 0.000000224. The molecule has 4 fully saturated rings. The molecule has 12 nitrogen and oxygen atoms in total. The molecule has 2 aromatic carbocycles. The minimum atomic E-state index is -0.218. The molecule has 4 aromatic rings. The number of carbonyl (C=O) groups excluding carboxylic acids is 2. The molecule has 2 aromatic heterocycles. The first-order chi connectivity index (χ1) is 28.0. The Kier molecular flexibility index (Phi) is 13.8. The van der Waals surface area contributed by atoms with Crippen LogP contribution >= 0.6 is 0 Å². The number of nitrogens with one attached hydrogen (secondary N) is 2. The van der Waals surface area contributed by atoms with Crippen molar-refractivity contribution in [2.45, 2.75) is 116 Å². The number of ether oxygens (including phenoxy) is 1. The SMILES string of the molecule is C.C.COc1cccc(C2(N(C)C)CCC3(CC2)CN(c2cnc(C)cc2C)C(=O)N3)c1.Cc1cc(C)c(N2CC3(CCC(c4cccc(O)c4)(N(C)C)CC3)NC2=O)cn1. The van der Waals surface area contributed by atoms with E-state index in [0.717, 1.165) is 96.6 Å². The number of aromatic nitrogens is 2. The molecule has 8 rings (SSSR count). The van der Waals surface area contributed by atoms with Crippen molar-refractivity contribution in [3.05, 3.63) is 107 Å². The number of anilines is 2. The van der Waals surface area contributed by atoms with Gasteiger partial charge in [0.15, 0.2) is 0 Å². The van der Waals surface area contributed by atoms with Crippen LogP contribution in [0, 0.1) is 27.7 Å². The highest BCUT2D eigenvalue weighted by Gasteiger charge is 2.52. The predicted octanol–water partition coefficient (Wildman–Crippen LogP) is 8.98. The third-order valence-electron chi connectivity index (χ3n) is 13.9. The van der Waals surface area contributed by atoms with E-state index in [1.165, 1.54) is 5.56 Å². The maximum absolute atomic E-state index is 12.9. The minimum absolute atomic E-state index is 0. The van der Waals surface area contributed by atoms with Crippen LogP contribution in [0.15, 0.2) is 73.1 Å². The number of carbonyl (C=O) groups is 2. The zero-order valence-electron chi connectivity index (χ0n) is 36.4. The number of aromatic hydroxyl groups is 1. The second-order valence-corrected chi connectivity index (χ2v) is 18.0. The maximum atomic E-state index is 12.9. The zero-order valence-corrected chi connectivity index (χ0v) is 36.4. The first kappa shape index (κ1) is 46.9. The van der Waals surface area contributed by atoms with E-state index < -0.39 is 0 Å². The first-order valence-corrected chi connectivity index (χ1v) is 20.9. The minimum Gasteiger partial charge on any atom is -0.508 e. The number of methoxy groups -OCH3 is 1. The summed E-state index contributed by atoms with van der Waals surface area (Å²) in [7, 11) is 10.2. The molecule has 330 valence electrons. The Morgan fingerprint density at radius 2 is 1.03 bits per heavy atom. The number of hydrogen-bond donors (Lipinski definition) is 3. The Morgan fingerprint density at radius 1 is 0.623 bits per heavy atom. The number of hydrogen-bond acceptors (Lipinski definition) is 8. The van der Waals surface area contributed by atoms with Crippen LogP contribution in [0.4, 0.5) is 21.0 Å². The summed E-state index contributed by atoms with van der Waals surface area (Å²) in [6.45, 7) is 9.37. The van der Waals surface area contributed by atoms with Crippen LogP contribution in [-0.4, -0.2) is 96.4 Å². The average molecular weight is 835 g/mol. The van der Waals surface area contributed by atoms with Gasteiger partial charge in [-0.2, -0.15) is 0 Å². The highest BCUT2D eigenvalue weighted by Crippen LogP contribution is 2.48. The molecule has 2 spiro atoms. The third-order valence-corrected chi connectivity index (χ3v) is 13.9. The van der Waals surface area contributed by atoms with Crippen molar-refractivity contribution in [2.75, 3.05) is 58.2 Å². The van der Waals surface area contributed by atoms with Crippen LogP contribution in [0.2, 0.25) is 0 Å². The van der Waals surface area contributed by atoms with Gasteiger partial charge in [-0.25, -0.2) is 9.59 Å². The van der Waals surface area contributed by atoms with E-state index >= 15 is 0 Å². The summed E-state index contributed by atoms with van der Waals surface area (Å²) in [5, 5.41) is 16.6. The molecule has 0 unspecified atom stereocenters. The van der Waals surface area contributed by atoms with Gasteiger partial charge in [-0.15, -0.1) is 0 Å². The topological polar surface area (TPSA) is 126 Å². The van der Waals surface area contributed by atoms with Crippen molar-refractivity contribution in [3.8, 4) is 11.5 Å². The number of amides is 4. The van der Waals surface area contributed by atoms with E-state index in [1.807, 2.05) is 80.2 Å². The second-order valence-electron chi connectivity index (χ2n) is 18.0. The Labute approximate surface area is 364 Å². The number of pyridine rings is 2. The Morgan fingerprint density at radius 3 is 1.41 bits per heavy atom. The van der Waals surface area contributed by atoms with Gasteiger partial charge in [0.2, 0.25) is 0 Å². The molecule has 0 radical (unpaired) electrons. The van der Waals surface area contributed by atoms with Crippen LogP contribution in [0.25, 0.3) is 0 Å². The smallest absolute Gasteiger partial charge is 0.322 e. The number of phenolic OH excluding ortho intramolecular Hbond substituents is 1. The molecule has 2 saturated carbocycles. The highest BCUT2D eigenvalue weighted by molar-refractivity contribution is 5.96. The Bertz CT molecular complexity index is 2190. The van der Waals surface area contributed by atoms with Crippen LogP contribution in [-0.2, 0) is 11.1 Å². The zero-order chi connectivity index (χ0) is 42.3. The predicted molar refractivity (Wildman–Crippen MR) is 247 cm³/mol. The van der Waals surface area contributed by atoms with Crippen molar-refractivity contribution in [1.82, 2.24) is 30.4 Å². The summed E-state index contributed by atoms with van der Waals surface area (Å²) in [6.07, 6.45) is 11.1. The summed E-state index contributed by atoms with van der Waals surface area (Å²) < 4.78 is 5.47. The first-order valence-electron chi connectivity index (χ1n) is 20.9. The number of nitrogens with zero attached hydrogens (tertiary/aromatic N) is 6. The standard InChI is InChI=1S/C24H32N4O2.C23H30N4O2.2CH4/c1-17-13-18(2)25-15-21(17)28-16-23(26-22(28)29)9-11-24(12-10-23,27(3)4)19-7-6-8-20(14-19)30-5;1-16-12-17(2)24-14-20(16)27-15-22(25-21(27)29)8-10-23(11-9-22,26(3)4)18-6-5-7-19(28)13-18;;/h6-8,13-15H,9-12,16H2,1-5H3,(H,26,29);5-7,12-14,28H,8-11,15H2,1-4H3,(H,25,29);2*1H4. The van der Waals surface area contributed by atoms with Crippen molar-refractivity contribution in [2.24, 2.45) is 0 Å². The molecule has 2 aliphatic heterocycles. The van der Waals surface area contributed by atoms with Crippen molar-refractivity contribution < 1.29 is 19.4 Å². The largest absolute Gasteiger partial charge is 0.508 e. The lowest BCUT2D eigenvalue weighted by Gasteiger charge is -2.48. The van der Waals surface area contributed by atoms with E-state index in [9.17, 15) is 14.7 Å². The second kappa shape index (κ2) is 18.0. The number of benzene rings is 2. The van der Waals surface area contributed by atoms with E-state index in [2.05, 4.69) is 82.9 Å². The average Bonchev–Trinajstić information content (AvgIpc) is 3.70. The molecule has 4 heterocycles. The summed E-state index contributed by atoms with van der Waals surface area (Å²) in [6, 6.07) is 20.0. The van der Waals surface area contributed by atoms with Crippen LogP contribution in [0.1, 0.15) is 99.9 Å². The van der Waals surface area contributed by atoms with Gasteiger partial charge >= 0.3 is 12.1 Å². The van der Waals surface area contributed by atoms with Crippen LogP contribution in [0.3, 0.4) is 0 Å². The van der Waals surface area contributed by atoms with Crippen molar-refractivity contribution >= 4 is 23.4 Å². The van der Waals surface area contributed by atoms with Gasteiger partial charge in [0.05, 0.1) is 55.0 Å². The number of rotatable bonds is 7. The summed E-state index contributed by atoms with van der Waals surface area (Å²) >= 11 is 0. The van der Waals surface area contributed by atoms with E-state index in [0.29, 0.717) is 18.8 Å². The van der Waals surface area contributed by atoms with Crippen molar-refractivity contribution in [1.29, 1.82) is 0 Å². The fourth-order valence-electron chi connectivity index (χ4n) is 10.3. The molecule has 2 saturated heterocycles. The van der Waals surface area contributed by atoms with E-state index in [-0.39, 0.29) is 49.1 Å². The van der Waals surface area contributed by atoms with Crippen LogP contribution < -0.4 is 25.2 Å². The molecular formula is C49H70N8O4. The number of urea groups is 2. The highest BCUT2D eigenvalue weighted by atomic mass is 16.5. The summed E-state index contributed by atoms with van der Waals surface area (Å²) in [5.74, 6) is 1.18. The van der Waals surface area contributed by atoms with Crippen LogP contribution in [0.5, 0.6) is 11.5 Å². The number of phenols is 1. The van der Waals surface area contributed by atoms with E-state index in [4.69, 9.17) is 4.74 Å². The van der Waals surface area contributed by atoms with Gasteiger partial charge in [0.25, 0.3) is 0 Å². The molecule has 2 aliphatic carbocycles. The number of aryl methyl sites for hydroxylation is 4.